The van der Waals surface area contributed by atoms with Crippen molar-refractivity contribution < 1.29 is 14.3 Å². The van der Waals surface area contributed by atoms with Gasteiger partial charge in [0.25, 0.3) is 0 Å². The van der Waals surface area contributed by atoms with Crippen LogP contribution in [0.2, 0.25) is 0 Å². The Balaban J connectivity index is 1.72. The lowest BCUT2D eigenvalue weighted by molar-refractivity contribution is -0.148. The van der Waals surface area contributed by atoms with Crippen molar-refractivity contribution in [2.24, 2.45) is 5.92 Å². The lowest BCUT2D eigenvalue weighted by Crippen LogP contribution is -2.39. The first-order chi connectivity index (χ1) is 8.28. The number of amides is 1. The van der Waals surface area contributed by atoms with Crippen molar-refractivity contribution in [2.45, 2.75) is 19.2 Å². The third kappa shape index (κ3) is 1.78. The second kappa shape index (κ2) is 4.04. The summed E-state index contributed by atoms with van der Waals surface area (Å²) in [4.78, 5) is 13.7. The molecule has 2 atom stereocenters. The molecule has 0 N–H and O–H groups in total. The normalized spacial score (nSPS) is 26.6. The van der Waals surface area contributed by atoms with E-state index in [1.54, 1.807) is 7.11 Å². The van der Waals surface area contributed by atoms with Crippen LogP contribution < -0.4 is 4.74 Å². The molecule has 2 saturated heterocycles. The number of methoxy groups -OCH3 is 1. The topological polar surface area (TPSA) is 38.8 Å². The molecule has 2 heterocycles. The van der Waals surface area contributed by atoms with Gasteiger partial charge in [-0.05, 0) is 17.7 Å². The lowest BCUT2D eigenvalue weighted by atomic mass is 10.1. The van der Waals surface area contributed by atoms with Crippen molar-refractivity contribution in [1.29, 1.82) is 0 Å². The van der Waals surface area contributed by atoms with Crippen molar-refractivity contribution in [1.82, 2.24) is 4.90 Å². The average molecular weight is 233 g/mol. The van der Waals surface area contributed by atoms with E-state index >= 15 is 0 Å². The Labute approximate surface area is 100 Å². The molecule has 0 aliphatic carbocycles. The van der Waals surface area contributed by atoms with Gasteiger partial charge in [-0.3, -0.25) is 4.79 Å². The highest BCUT2D eigenvalue weighted by Gasteiger charge is 2.45. The number of ether oxygens (including phenoxy) is 2. The number of fused-ring (bicyclic) bond motifs is 2. The first kappa shape index (κ1) is 10.6. The predicted octanol–water partition coefficient (Wildman–Crippen LogP) is 1.40. The van der Waals surface area contributed by atoms with E-state index in [2.05, 4.69) is 0 Å². The number of likely N-dealkylation sites (tertiary alicyclic amines) is 1. The molecular formula is C13H15NO3. The number of rotatable bonds is 3. The number of hydrogen-bond acceptors (Lipinski definition) is 3. The van der Waals surface area contributed by atoms with E-state index in [9.17, 15) is 4.79 Å². The average Bonchev–Trinajstić information content (AvgIpc) is 2.94. The maximum atomic E-state index is 11.9. The van der Waals surface area contributed by atoms with Crippen LogP contribution in [0, 0.1) is 5.92 Å². The van der Waals surface area contributed by atoms with Crippen molar-refractivity contribution in [2.75, 3.05) is 13.7 Å². The van der Waals surface area contributed by atoms with Crippen LogP contribution in [0.1, 0.15) is 12.0 Å². The van der Waals surface area contributed by atoms with Crippen LogP contribution in [0.5, 0.6) is 5.75 Å². The number of carbonyl (C=O) groups excluding carboxylic acids is 1. The molecule has 0 saturated carbocycles. The number of nitrogens with zero attached hydrogens (tertiary/aromatic N) is 1. The number of carbonyl (C=O) groups is 1. The Morgan fingerprint density at radius 2 is 2.18 bits per heavy atom. The predicted molar refractivity (Wildman–Crippen MR) is 61.4 cm³/mol. The van der Waals surface area contributed by atoms with Crippen molar-refractivity contribution in [3.05, 3.63) is 29.8 Å². The molecule has 1 amide bonds. The van der Waals surface area contributed by atoms with Gasteiger partial charge in [0.1, 0.15) is 12.0 Å². The fraction of sp³-hybridized carbons (Fsp3) is 0.462. The summed E-state index contributed by atoms with van der Waals surface area (Å²) in [6.07, 6.45) is 0.851. The van der Waals surface area contributed by atoms with Gasteiger partial charge in [0.2, 0.25) is 5.91 Å². The first-order valence-corrected chi connectivity index (χ1v) is 5.83. The standard InChI is InChI=1S/C13H15NO3/c1-16-11-4-2-9(3-5-11)7-14-12-6-10(8-17-12)13(14)15/h2-5,10,12H,6-8H2,1H3. The molecule has 17 heavy (non-hydrogen) atoms. The molecular weight excluding hydrogens is 218 g/mol. The van der Waals surface area contributed by atoms with Gasteiger partial charge in [0.05, 0.1) is 19.6 Å². The summed E-state index contributed by atoms with van der Waals surface area (Å²) in [7, 11) is 1.64. The lowest BCUT2D eigenvalue weighted by Gasteiger charge is -2.27. The van der Waals surface area contributed by atoms with Gasteiger partial charge in [-0.25, -0.2) is 0 Å². The zero-order valence-corrected chi connectivity index (χ0v) is 9.76. The summed E-state index contributed by atoms with van der Waals surface area (Å²) in [5.41, 5.74) is 1.11. The summed E-state index contributed by atoms with van der Waals surface area (Å²) < 4.78 is 10.6. The van der Waals surface area contributed by atoms with Crippen LogP contribution in [0.25, 0.3) is 0 Å². The summed E-state index contributed by atoms with van der Waals surface area (Å²) >= 11 is 0. The SMILES string of the molecule is COc1ccc(CN2C(=O)C3COC2C3)cc1. The summed E-state index contributed by atoms with van der Waals surface area (Å²) in [6, 6.07) is 7.79. The molecule has 4 nitrogen and oxygen atoms in total. The molecule has 90 valence electrons. The van der Waals surface area contributed by atoms with Crippen LogP contribution in [-0.2, 0) is 16.1 Å². The minimum absolute atomic E-state index is 0.00500. The zero-order valence-electron chi connectivity index (χ0n) is 9.76. The Morgan fingerprint density at radius 1 is 1.41 bits per heavy atom. The van der Waals surface area contributed by atoms with Crippen LogP contribution >= 0.6 is 0 Å². The summed E-state index contributed by atoms with van der Waals surface area (Å²) in [5, 5.41) is 0. The van der Waals surface area contributed by atoms with Gasteiger partial charge in [-0.15, -0.1) is 0 Å². The Hall–Kier alpha value is -1.55. The second-order valence-corrected chi connectivity index (χ2v) is 4.53. The quantitative estimate of drug-likeness (QED) is 0.792. The highest BCUT2D eigenvalue weighted by molar-refractivity contribution is 5.82. The largest absolute Gasteiger partial charge is 0.497 e. The minimum atomic E-state index is -0.00500. The third-order valence-electron chi connectivity index (χ3n) is 3.47. The third-order valence-corrected chi connectivity index (χ3v) is 3.47. The van der Waals surface area contributed by atoms with E-state index in [-0.39, 0.29) is 18.1 Å². The smallest absolute Gasteiger partial charge is 0.230 e. The summed E-state index contributed by atoms with van der Waals surface area (Å²) in [5.74, 6) is 1.16. The zero-order chi connectivity index (χ0) is 11.8. The van der Waals surface area contributed by atoms with Gasteiger partial charge in [0, 0.05) is 13.0 Å². The minimum Gasteiger partial charge on any atom is -0.497 e. The molecule has 2 unspecified atom stereocenters. The van der Waals surface area contributed by atoms with Gasteiger partial charge in [0.15, 0.2) is 0 Å². The number of benzene rings is 1. The van der Waals surface area contributed by atoms with Gasteiger partial charge in [-0.2, -0.15) is 0 Å². The molecule has 0 radical (unpaired) electrons. The van der Waals surface area contributed by atoms with E-state index in [4.69, 9.17) is 9.47 Å². The molecule has 1 aromatic carbocycles. The van der Waals surface area contributed by atoms with Crippen LogP contribution in [0.15, 0.2) is 24.3 Å². The molecule has 1 aromatic rings. The molecule has 0 aromatic heterocycles. The highest BCUT2D eigenvalue weighted by Crippen LogP contribution is 2.33. The molecule has 4 heteroatoms. The van der Waals surface area contributed by atoms with Crippen LogP contribution in [0.4, 0.5) is 0 Å². The second-order valence-electron chi connectivity index (χ2n) is 4.53. The monoisotopic (exact) mass is 233 g/mol. The van der Waals surface area contributed by atoms with E-state index in [1.807, 2.05) is 29.2 Å². The Morgan fingerprint density at radius 3 is 2.76 bits per heavy atom. The molecule has 2 aliphatic heterocycles. The van der Waals surface area contributed by atoms with Gasteiger partial charge < -0.3 is 14.4 Å². The van der Waals surface area contributed by atoms with Gasteiger partial charge >= 0.3 is 0 Å². The molecule has 2 aliphatic rings. The van der Waals surface area contributed by atoms with E-state index in [0.29, 0.717) is 13.2 Å². The summed E-state index contributed by atoms with van der Waals surface area (Å²) in [6.45, 7) is 1.23. The van der Waals surface area contributed by atoms with E-state index in [0.717, 1.165) is 17.7 Å². The molecule has 3 rings (SSSR count). The molecule has 2 bridgehead atoms. The van der Waals surface area contributed by atoms with Crippen molar-refractivity contribution >= 4 is 5.91 Å². The van der Waals surface area contributed by atoms with E-state index in [1.165, 1.54) is 0 Å². The Bertz CT molecular complexity index is 429. The number of hydrogen-bond donors (Lipinski definition) is 0. The van der Waals surface area contributed by atoms with Crippen molar-refractivity contribution in [3.63, 3.8) is 0 Å². The van der Waals surface area contributed by atoms with E-state index < -0.39 is 0 Å². The molecule has 0 spiro atoms. The maximum Gasteiger partial charge on any atom is 0.230 e. The fourth-order valence-corrected chi connectivity index (χ4v) is 2.48. The van der Waals surface area contributed by atoms with Crippen molar-refractivity contribution in [3.8, 4) is 5.75 Å². The van der Waals surface area contributed by atoms with Crippen LogP contribution in [-0.4, -0.2) is 30.8 Å². The maximum absolute atomic E-state index is 11.9. The first-order valence-electron chi connectivity index (χ1n) is 5.83. The molecule has 2 fully saturated rings. The van der Waals surface area contributed by atoms with Crippen LogP contribution in [0.3, 0.4) is 0 Å². The van der Waals surface area contributed by atoms with Gasteiger partial charge in [-0.1, -0.05) is 12.1 Å². The Kier molecular flexibility index (Phi) is 2.52. The highest BCUT2D eigenvalue weighted by atomic mass is 16.5. The fourth-order valence-electron chi connectivity index (χ4n) is 2.48.